The maximum atomic E-state index is 13.5. The first-order valence-electron chi connectivity index (χ1n) is 12.9. The topological polar surface area (TPSA) is 92.2 Å². The molecule has 1 aliphatic rings. The van der Waals surface area contributed by atoms with Crippen LogP contribution in [0, 0.1) is 5.92 Å². The summed E-state index contributed by atoms with van der Waals surface area (Å²) in [6.45, 7) is 6.46. The van der Waals surface area contributed by atoms with E-state index in [9.17, 15) is 9.59 Å². The van der Waals surface area contributed by atoms with Gasteiger partial charge in [-0.25, -0.2) is 9.97 Å². The zero-order valence-electron chi connectivity index (χ0n) is 21.0. The van der Waals surface area contributed by atoms with Gasteiger partial charge in [-0.2, -0.15) is 0 Å². The third-order valence-electron chi connectivity index (χ3n) is 7.39. The van der Waals surface area contributed by atoms with E-state index in [-0.39, 0.29) is 17.7 Å². The summed E-state index contributed by atoms with van der Waals surface area (Å²) in [7, 11) is 0. The molecular weight excluding hydrogens is 464 g/mol. The third-order valence-corrected chi connectivity index (χ3v) is 7.39. The molecule has 3 aromatic heterocycles. The van der Waals surface area contributed by atoms with Gasteiger partial charge in [0, 0.05) is 54.9 Å². The number of aromatic nitrogens is 4. The molecule has 186 valence electrons. The molecule has 1 saturated heterocycles. The minimum Gasteiger partial charge on any atom is -0.343 e. The van der Waals surface area contributed by atoms with Crippen molar-refractivity contribution in [3.8, 4) is 0 Å². The van der Waals surface area contributed by atoms with Crippen molar-refractivity contribution in [2.75, 3.05) is 26.2 Å². The van der Waals surface area contributed by atoms with E-state index in [0.29, 0.717) is 42.8 Å². The first-order valence-corrected chi connectivity index (χ1v) is 12.9. The van der Waals surface area contributed by atoms with Gasteiger partial charge in [-0.05, 0) is 69.2 Å². The minimum absolute atomic E-state index is 0.0740. The number of amides is 2. The Morgan fingerprint density at radius 3 is 2.19 bits per heavy atom. The molecule has 5 aromatic rings. The Balaban J connectivity index is 1.40. The highest BCUT2D eigenvalue weighted by atomic mass is 16.2. The number of fused-ring (bicyclic) bond motifs is 7. The fourth-order valence-electron chi connectivity index (χ4n) is 5.47. The van der Waals surface area contributed by atoms with Crippen LogP contribution in [-0.2, 0) is 4.79 Å². The highest BCUT2D eigenvalue weighted by molar-refractivity contribution is 6.21. The Kier molecular flexibility index (Phi) is 5.87. The number of nitrogens with zero attached hydrogens (tertiary/aromatic N) is 6. The Labute approximate surface area is 214 Å². The van der Waals surface area contributed by atoms with Gasteiger partial charge in [-0.15, -0.1) is 0 Å². The number of piperidine rings is 1. The van der Waals surface area contributed by atoms with Crippen LogP contribution in [0.4, 0.5) is 0 Å². The number of carbonyl (C=O) groups is 2. The van der Waals surface area contributed by atoms with Crippen molar-refractivity contribution in [1.29, 1.82) is 0 Å². The normalized spacial score (nSPS) is 16.1. The molecule has 0 unspecified atom stereocenters. The Hall–Kier alpha value is -4.20. The van der Waals surface area contributed by atoms with E-state index in [1.165, 1.54) is 0 Å². The summed E-state index contributed by atoms with van der Waals surface area (Å²) in [6.07, 6.45) is 5.15. The maximum Gasteiger partial charge on any atom is 0.253 e. The van der Waals surface area contributed by atoms with Crippen LogP contribution in [0.5, 0.6) is 0 Å². The summed E-state index contributed by atoms with van der Waals surface area (Å²) < 4.78 is 0. The van der Waals surface area contributed by atoms with Gasteiger partial charge in [-0.1, -0.05) is 0 Å². The van der Waals surface area contributed by atoms with Crippen LogP contribution in [0.25, 0.3) is 43.9 Å². The molecule has 0 spiro atoms. The quantitative estimate of drug-likeness (QED) is 0.269. The SMILES string of the molecule is CCN(CC)C(=O)[C@@H]1CCCN(C(=O)c2ccc3nc4c5cccnc5c5ncccc5c4nc3c2)C1. The second kappa shape index (κ2) is 9.35. The van der Waals surface area contributed by atoms with Gasteiger partial charge in [0.2, 0.25) is 5.91 Å². The summed E-state index contributed by atoms with van der Waals surface area (Å²) in [6, 6.07) is 13.2. The molecule has 6 rings (SSSR count). The van der Waals surface area contributed by atoms with Gasteiger partial charge >= 0.3 is 0 Å². The number of pyridine rings is 2. The van der Waals surface area contributed by atoms with Crippen LogP contribution in [0.3, 0.4) is 0 Å². The Morgan fingerprint density at radius 2 is 1.54 bits per heavy atom. The predicted molar refractivity (Wildman–Crippen MR) is 144 cm³/mol. The molecule has 0 radical (unpaired) electrons. The third kappa shape index (κ3) is 3.93. The van der Waals surface area contributed by atoms with Crippen LogP contribution in [0.1, 0.15) is 37.0 Å². The monoisotopic (exact) mass is 492 g/mol. The molecule has 0 bridgehead atoms. The van der Waals surface area contributed by atoms with E-state index in [1.807, 2.05) is 66.1 Å². The molecule has 0 N–H and O–H groups in total. The van der Waals surface area contributed by atoms with Crippen molar-refractivity contribution in [2.24, 2.45) is 5.92 Å². The largest absolute Gasteiger partial charge is 0.343 e. The molecule has 8 nitrogen and oxygen atoms in total. The van der Waals surface area contributed by atoms with Crippen molar-refractivity contribution in [3.05, 3.63) is 60.4 Å². The van der Waals surface area contributed by atoms with E-state index < -0.39 is 0 Å². The van der Waals surface area contributed by atoms with Crippen molar-refractivity contribution in [2.45, 2.75) is 26.7 Å². The lowest BCUT2D eigenvalue weighted by Gasteiger charge is -2.34. The molecule has 37 heavy (non-hydrogen) atoms. The molecule has 8 heteroatoms. The summed E-state index contributed by atoms with van der Waals surface area (Å²) in [4.78, 5) is 49.1. The first kappa shape index (κ1) is 23.2. The van der Waals surface area contributed by atoms with Gasteiger partial charge in [0.25, 0.3) is 5.91 Å². The molecule has 0 saturated carbocycles. The number of likely N-dealkylation sites (tertiary alicyclic amines) is 1. The average molecular weight is 493 g/mol. The van der Waals surface area contributed by atoms with E-state index in [2.05, 4.69) is 9.97 Å². The highest BCUT2D eigenvalue weighted by Gasteiger charge is 2.31. The summed E-state index contributed by atoms with van der Waals surface area (Å²) in [5.74, 6) is -0.0850. The molecule has 2 aromatic carbocycles. The molecule has 1 atom stereocenters. The number of carbonyl (C=O) groups excluding carboxylic acids is 2. The fraction of sp³-hybridized carbons (Fsp3) is 0.310. The van der Waals surface area contributed by atoms with Gasteiger partial charge in [0.05, 0.1) is 39.0 Å². The highest BCUT2D eigenvalue weighted by Crippen LogP contribution is 2.32. The lowest BCUT2D eigenvalue weighted by Crippen LogP contribution is -2.46. The molecule has 0 aliphatic carbocycles. The van der Waals surface area contributed by atoms with E-state index in [1.54, 1.807) is 12.4 Å². The van der Waals surface area contributed by atoms with E-state index in [4.69, 9.17) is 9.97 Å². The number of hydrogen-bond donors (Lipinski definition) is 0. The van der Waals surface area contributed by atoms with Crippen molar-refractivity contribution < 1.29 is 9.59 Å². The molecule has 2 amide bonds. The van der Waals surface area contributed by atoms with Crippen LogP contribution >= 0.6 is 0 Å². The summed E-state index contributed by atoms with van der Waals surface area (Å²) >= 11 is 0. The van der Waals surface area contributed by atoms with Gasteiger partial charge in [0.1, 0.15) is 0 Å². The molecule has 1 aliphatic heterocycles. The van der Waals surface area contributed by atoms with Crippen molar-refractivity contribution in [1.82, 2.24) is 29.7 Å². The number of hydrogen-bond acceptors (Lipinski definition) is 6. The minimum atomic E-state index is -0.150. The van der Waals surface area contributed by atoms with Crippen molar-refractivity contribution >= 4 is 55.7 Å². The Bertz CT molecular complexity index is 1680. The zero-order chi connectivity index (χ0) is 25.5. The fourth-order valence-corrected chi connectivity index (χ4v) is 5.47. The van der Waals surface area contributed by atoms with Gasteiger partial charge in [-0.3, -0.25) is 19.6 Å². The summed E-state index contributed by atoms with van der Waals surface area (Å²) in [5.41, 5.74) is 5.01. The van der Waals surface area contributed by atoms with Gasteiger partial charge in [0.15, 0.2) is 0 Å². The standard InChI is InChI=1S/C29H28N6O2/c1-3-34(4-2)29(37)19-8-7-15-35(17-19)28(36)18-11-12-22-23(16-18)33-27-21-10-6-14-31-25(21)24-20(26(27)32-22)9-5-13-30-24/h5-6,9-14,16,19H,3-4,7-8,15,17H2,1-2H3/t19-/m1/s1. The first-order chi connectivity index (χ1) is 18.1. The lowest BCUT2D eigenvalue weighted by molar-refractivity contribution is -0.136. The molecule has 1 fully saturated rings. The number of benzene rings is 2. The van der Waals surface area contributed by atoms with Crippen LogP contribution < -0.4 is 0 Å². The predicted octanol–water partition coefficient (Wildman–Crippen LogP) is 4.60. The van der Waals surface area contributed by atoms with Crippen LogP contribution in [-0.4, -0.2) is 67.7 Å². The number of rotatable bonds is 4. The van der Waals surface area contributed by atoms with E-state index in [0.717, 1.165) is 45.7 Å². The van der Waals surface area contributed by atoms with Gasteiger partial charge < -0.3 is 9.80 Å². The van der Waals surface area contributed by atoms with E-state index >= 15 is 0 Å². The van der Waals surface area contributed by atoms with Crippen LogP contribution in [0.2, 0.25) is 0 Å². The second-order valence-corrected chi connectivity index (χ2v) is 9.52. The van der Waals surface area contributed by atoms with Crippen LogP contribution in [0.15, 0.2) is 54.9 Å². The second-order valence-electron chi connectivity index (χ2n) is 9.52. The molecular formula is C29H28N6O2. The summed E-state index contributed by atoms with van der Waals surface area (Å²) in [5, 5.41) is 1.78. The smallest absolute Gasteiger partial charge is 0.253 e. The Morgan fingerprint density at radius 1 is 0.892 bits per heavy atom. The average Bonchev–Trinajstić information content (AvgIpc) is 2.96. The lowest BCUT2D eigenvalue weighted by atomic mass is 9.95. The maximum absolute atomic E-state index is 13.5. The zero-order valence-corrected chi connectivity index (χ0v) is 21.0. The molecule has 4 heterocycles. The van der Waals surface area contributed by atoms with Crippen molar-refractivity contribution in [3.63, 3.8) is 0 Å².